The molecule has 0 fully saturated rings. The topological polar surface area (TPSA) is 105 Å². The number of rotatable bonds is 8. The Hall–Kier alpha value is -4.20. The highest BCUT2D eigenvalue weighted by atomic mass is 16.5. The third-order valence-electron chi connectivity index (χ3n) is 4.83. The maximum atomic E-state index is 13.0. The van der Waals surface area contributed by atoms with E-state index in [1.165, 1.54) is 4.90 Å². The lowest BCUT2D eigenvalue weighted by Gasteiger charge is -2.19. The summed E-state index contributed by atoms with van der Waals surface area (Å²) in [4.78, 5) is 49.3. The minimum atomic E-state index is -0.757. The summed E-state index contributed by atoms with van der Waals surface area (Å²) in [5.41, 5.74) is 3.20. The molecule has 2 aromatic rings. The smallest absolute Gasteiger partial charge is 0.354 e. The summed E-state index contributed by atoms with van der Waals surface area (Å²) in [6.07, 6.45) is 0.232. The first-order valence-electron chi connectivity index (χ1n) is 10.9. The first kappa shape index (κ1) is 26.1. The van der Waals surface area contributed by atoms with Crippen molar-refractivity contribution >= 4 is 29.9 Å². The molecule has 1 aliphatic rings. The van der Waals surface area contributed by atoms with Crippen molar-refractivity contribution in [1.29, 1.82) is 0 Å². The van der Waals surface area contributed by atoms with Crippen LogP contribution < -0.4 is 10.6 Å². The van der Waals surface area contributed by atoms with Gasteiger partial charge in [0.25, 0.3) is 11.8 Å². The third-order valence-corrected chi connectivity index (χ3v) is 4.83. The molecule has 8 nitrogen and oxygen atoms in total. The highest BCUT2D eigenvalue weighted by molar-refractivity contribution is 6.07. The quantitative estimate of drug-likeness (QED) is 0.350. The minimum absolute atomic E-state index is 0.110. The van der Waals surface area contributed by atoms with Gasteiger partial charge in [-0.05, 0) is 48.7 Å². The molecule has 0 bridgehead atoms. The number of nitrogens with zero attached hydrogens (tertiary/aromatic N) is 1. The Kier molecular flexibility index (Phi) is 8.89. The van der Waals surface area contributed by atoms with E-state index in [0.717, 1.165) is 16.7 Å². The number of fused-ring (bicyclic) bond motifs is 1. The lowest BCUT2D eigenvalue weighted by atomic mass is 9.97. The van der Waals surface area contributed by atoms with Gasteiger partial charge in [-0.2, -0.15) is 0 Å². The molecule has 1 heterocycles. The van der Waals surface area contributed by atoms with Gasteiger partial charge in [0.1, 0.15) is 11.4 Å². The Bertz CT molecular complexity index is 1120. The van der Waals surface area contributed by atoms with Gasteiger partial charge in [-0.25, -0.2) is 4.79 Å². The molecule has 3 rings (SSSR count). The van der Waals surface area contributed by atoms with E-state index in [1.807, 2.05) is 32.0 Å². The number of esters is 1. The Morgan fingerprint density at radius 1 is 1.06 bits per heavy atom. The van der Waals surface area contributed by atoms with Gasteiger partial charge in [0, 0.05) is 11.3 Å². The van der Waals surface area contributed by atoms with Crippen molar-refractivity contribution in [2.24, 2.45) is 0 Å². The second-order valence-corrected chi connectivity index (χ2v) is 7.40. The normalized spacial score (nSPS) is 11.7. The molecule has 0 saturated carbocycles. The second-order valence-electron chi connectivity index (χ2n) is 7.40. The average Bonchev–Trinajstić information content (AvgIpc) is 3.16. The SMILES string of the molecule is C=C(NC(=O)C(=C)N1Cc2c(cccc2-c2ccc(NC=O)cc2)C1=O)C(=O)OC(C)C.CC. The highest BCUT2D eigenvalue weighted by Gasteiger charge is 2.33. The van der Waals surface area contributed by atoms with E-state index in [1.54, 1.807) is 38.1 Å². The zero-order valence-electron chi connectivity index (χ0n) is 19.8. The minimum Gasteiger partial charge on any atom is -0.458 e. The molecule has 0 aromatic heterocycles. The van der Waals surface area contributed by atoms with E-state index in [9.17, 15) is 19.2 Å². The molecule has 0 atom stereocenters. The molecule has 2 N–H and O–H groups in total. The number of hydrogen-bond donors (Lipinski definition) is 2. The number of nitrogens with one attached hydrogen (secondary N) is 2. The molecule has 8 heteroatoms. The van der Waals surface area contributed by atoms with Gasteiger partial charge in [0.15, 0.2) is 0 Å². The first-order valence-corrected chi connectivity index (χ1v) is 10.9. The fourth-order valence-corrected chi connectivity index (χ4v) is 3.30. The standard InChI is InChI=1S/C24H23N3O5.C2H6/c1-14(2)32-24(31)15(3)26-22(29)16(4)27-12-21-19(6-5-7-20(21)23(27)30)17-8-10-18(11-9-17)25-13-28;1-2/h5-11,13-14H,3-4,12H2,1-2H3,(H,25,28)(H,26,29);1-2H3. The molecule has 178 valence electrons. The number of anilines is 1. The van der Waals surface area contributed by atoms with Gasteiger partial charge in [-0.15, -0.1) is 0 Å². The molecule has 0 radical (unpaired) electrons. The maximum absolute atomic E-state index is 13.0. The van der Waals surface area contributed by atoms with E-state index in [2.05, 4.69) is 23.8 Å². The monoisotopic (exact) mass is 463 g/mol. The van der Waals surface area contributed by atoms with Crippen molar-refractivity contribution in [2.75, 3.05) is 5.32 Å². The summed E-state index contributed by atoms with van der Waals surface area (Å²) in [6.45, 7) is 14.7. The molecule has 0 unspecified atom stereocenters. The van der Waals surface area contributed by atoms with Crippen LogP contribution in [0.4, 0.5) is 5.69 Å². The van der Waals surface area contributed by atoms with E-state index >= 15 is 0 Å². The fourth-order valence-electron chi connectivity index (χ4n) is 3.30. The van der Waals surface area contributed by atoms with Gasteiger partial charge in [0.2, 0.25) is 6.41 Å². The van der Waals surface area contributed by atoms with Gasteiger partial charge in [-0.3, -0.25) is 19.3 Å². The van der Waals surface area contributed by atoms with Crippen molar-refractivity contribution in [1.82, 2.24) is 10.2 Å². The molecule has 0 aliphatic carbocycles. The van der Waals surface area contributed by atoms with Crippen LogP contribution in [-0.2, 0) is 25.7 Å². The predicted molar refractivity (Wildman–Crippen MR) is 130 cm³/mol. The van der Waals surface area contributed by atoms with E-state index in [0.29, 0.717) is 17.7 Å². The van der Waals surface area contributed by atoms with E-state index in [4.69, 9.17) is 4.74 Å². The van der Waals surface area contributed by atoms with Crippen molar-refractivity contribution < 1.29 is 23.9 Å². The molecular formula is C26H29N3O5. The molecular weight excluding hydrogens is 434 g/mol. The van der Waals surface area contributed by atoms with Crippen LogP contribution in [0.2, 0.25) is 0 Å². The lowest BCUT2D eigenvalue weighted by molar-refractivity contribution is -0.143. The van der Waals surface area contributed by atoms with Crippen LogP contribution >= 0.6 is 0 Å². The third kappa shape index (κ3) is 5.78. The largest absolute Gasteiger partial charge is 0.458 e. The summed E-state index contributed by atoms with van der Waals surface area (Å²) < 4.78 is 4.99. The molecule has 34 heavy (non-hydrogen) atoms. The molecule has 3 amide bonds. The Labute approximate surface area is 199 Å². The number of hydrogen-bond acceptors (Lipinski definition) is 5. The lowest BCUT2D eigenvalue weighted by Crippen LogP contribution is -2.36. The predicted octanol–water partition coefficient (Wildman–Crippen LogP) is 4.00. The molecule has 1 aliphatic heterocycles. The summed E-state index contributed by atoms with van der Waals surface area (Å²) in [7, 11) is 0. The Morgan fingerprint density at radius 2 is 1.68 bits per heavy atom. The highest BCUT2D eigenvalue weighted by Crippen LogP contribution is 2.34. The maximum Gasteiger partial charge on any atom is 0.354 e. The van der Waals surface area contributed by atoms with E-state index < -0.39 is 11.9 Å². The van der Waals surface area contributed by atoms with Crippen molar-refractivity contribution in [3.05, 3.63) is 78.1 Å². The van der Waals surface area contributed by atoms with Crippen molar-refractivity contribution in [2.45, 2.75) is 40.3 Å². The van der Waals surface area contributed by atoms with Gasteiger partial charge in [-0.1, -0.05) is 51.3 Å². The van der Waals surface area contributed by atoms with Gasteiger partial charge in [0.05, 0.1) is 12.6 Å². The number of carbonyl (C=O) groups is 4. The van der Waals surface area contributed by atoms with Crippen LogP contribution in [0.25, 0.3) is 11.1 Å². The Balaban J connectivity index is 0.00000199. The Morgan fingerprint density at radius 3 is 2.26 bits per heavy atom. The van der Waals surface area contributed by atoms with Crippen LogP contribution in [0, 0.1) is 0 Å². The van der Waals surface area contributed by atoms with Gasteiger partial charge < -0.3 is 15.4 Å². The fraction of sp³-hybridized carbons (Fsp3) is 0.231. The van der Waals surface area contributed by atoms with Crippen LogP contribution in [0.15, 0.2) is 67.0 Å². The van der Waals surface area contributed by atoms with Crippen molar-refractivity contribution in [3.63, 3.8) is 0 Å². The van der Waals surface area contributed by atoms with Crippen LogP contribution in [0.5, 0.6) is 0 Å². The average molecular weight is 464 g/mol. The first-order chi connectivity index (χ1) is 16.2. The second kappa shape index (κ2) is 11.6. The molecule has 0 spiro atoms. The van der Waals surface area contributed by atoms with Crippen LogP contribution in [0.3, 0.4) is 0 Å². The number of ether oxygens (including phenoxy) is 1. The summed E-state index contributed by atoms with van der Waals surface area (Å²) in [5.74, 6) is -1.84. The van der Waals surface area contributed by atoms with Crippen molar-refractivity contribution in [3.8, 4) is 11.1 Å². The number of amides is 3. The number of benzene rings is 2. The van der Waals surface area contributed by atoms with Crippen LogP contribution in [0.1, 0.15) is 43.6 Å². The van der Waals surface area contributed by atoms with Crippen LogP contribution in [-0.4, -0.2) is 35.2 Å². The molecule has 0 saturated heterocycles. The van der Waals surface area contributed by atoms with Gasteiger partial charge >= 0.3 is 5.97 Å². The number of carbonyl (C=O) groups excluding carboxylic acids is 4. The summed E-state index contributed by atoms with van der Waals surface area (Å²) in [5, 5.41) is 4.91. The zero-order valence-corrected chi connectivity index (χ0v) is 19.8. The summed E-state index contributed by atoms with van der Waals surface area (Å²) in [6, 6.07) is 12.5. The zero-order chi connectivity index (χ0) is 25.4. The van der Waals surface area contributed by atoms with E-state index in [-0.39, 0.29) is 29.9 Å². The molecule has 2 aromatic carbocycles. The summed E-state index contributed by atoms with van der Waals surface area (Å²) >= 11 is 0.